The standard InChI is InChI=1S/C19H15NO/c1-2-13-8-10-14(11-9-13)15-5-3-6-16-17-7-4-12-20-19(17)21-18(15)16/h3-12H,2H2,1H3/i2D2. The van der Waals surface area contributed by atoms with Crippen LogP contribution in [0.3, 0.4) is 0 Å². The maximum Gasteiger partial charge on any atom is 0.227 e. The van der Waals surface area contributed by atoms with Crippen LogP contribution in [0.1, 0.15) is 15.2 Å². The van der Waals surface area contributed by atoms with Gasteiger partial charge in [0.15, 0.2) is 0 Å². The summed E-state index contributed by atoms with van der Waals surface area (Å²) >= 11 is 0. The molecule has 2 heteroatoms. The van der Waals surface area contributed by atoms with Gasteiger partial charge in [0, 0.05) is 25.3 Å². The van der Waals surface area contributed by atoms with E-state index in [-0.39, 0.29) is 0 Å². The Morgan fingerprint density at radius 2 is 1.81 bits per heavy atom. The minimum absolute atomic E-state index is 0.636. The van der Waals surface area contributed by atoms with E-state index in [2.05, 4.69) is 4.98 Å². The first-order valence-corrected chi connectivity index (χ1v) is 6.91. The first-order chi connectivity index (χ1) is 11.0. The summed E-state index contributed by atoms with van der Waals surface area (Å²) in [4.78, 5) is 4.28. The lowest BCUT2D eigenvalue weighted by molar-refractivity contribution is 0.655. The Balaban J connectivity index is 1.92. The van der Waals surface area contributed by atoms with E-state index in [1.165, 1.54) is 0 Å². The minimum Gasteiger partial charge on any atom is -0.437 e. The fourth-order valence-corrected chi connectivity index (χ4v) is 2.68. The number of para-hydroxylation sites is 1. The van der Waals surface area contributed by atoms with Gasteiger partial charge in [-0.1, -0.05) is 49.4 Å². The van der Waals surface area contributed by atoms with Gasteiger partial charge in [0.05, 0.1) is 0 Å². The average molecular weight is 275 g/mol. The lowest BCUT2D eigenvalue weighted by Gasteiger charge is -2.04. The van der Waals surface area contributed by atoms with Crippen LogP contribution in [-0.2, 0) is 6.37 Å². The van der Waals surface area contributed by atoms with E-state index < -0.39 is 6.37 Å². The topological polar surface area (TPSA) is 26.0 Å². The zero-order chi connectivity index (χ0) is 16.0. The van der Waals surface area contributed by atoms with Gasteiger partial charge in [-0.15, -0.1) is 0 Å². The van der Waals surface area contributed by atoms with Crippen molar-refractivity contribution in [2.24, 2.45) is 0 Å². The number of benzene rings is 2. The molecule has 0 bridgehead atoms. The fraction of sp³-hybridized carbons (Fsp3) is 0.105. The van der Waals surface area contributed by atoms with Crippen LogP contribution >= 0.6 is 0 Å². The molecule has 0 amide bonds. The van der Waals surface area contributed by atoms with Gasteiger partial charge >= 0.3 is 0 Å². The Labute approximate surface area is 125 Å². The van der Waals surface area contributed by atoms with Crippen LogP contribution in [0.5, 0.6) is 0 Å². The number of rotatable bonds is 2. The summed E-state index contributed by atoms with van der Waals surface area (Å²) in [5.74, 6) is 0. The number of hydrogen-bond acceptors (Lipinski definition) is 2. The zero-order valence-corrected chi connectivity index (χ0v) is 11.6. The summed E-state index contributed by atoms with van der Waals surface area (Å²) in [5, 5.41) is 2.05. The lowest BCUT2D eigenvalue weighted by atomic mass is 10.0. The second kappa shape index (κ2) is 4.74. The van der Waals surface area contributed by atoms with Crippen LogP contribution < -0.4 is 0 Å². The molecule has 0 aliphatic heterocycles. The molecule has 0 aliphatic carbocycles. The molecule has 0 atom stereocenters. The molecule has 4 aromatic rings. The third-order valence-corrected chi connectivity index (χ3v) is 3.76. The quantitative estimate of drug-likeness (QED) is 0.502. The van der Waals surface area contributed by atoms with Crippen LogP contribution in [0.15, 0.2) is 65.2 Å². The summed E-state index contributed by atoms with van der Waals surface area (Å²) in [6.45, 7) is 1.56. The highest BCUT2D eigenvalue weighted by molar-refractivity contribution is 6.08. The summed E-state index contributed by atoms with van der Waals surface area (Å²) < 4.78 is 21.5. The van der Waals surface area contributed by atoms with Crippen molar-refractivity contribution in [3.05, 3.63) is 66.4 Å². The molecule has 2 aromatic carbocycles. The predicted molar refractivity (Wildman–Crippen MR) is 86.3 cm³/mol. The Morgan fingerprint density at radius 3 is 2.62 bits per heavy atom. The summed E-state index contributed by atoms with van der Waals surface area (Å²) in [6.07, 6.45) is 0.385. The van der Waals surface area contributed by atoms with Crippen molar-refractivity contribution < 1.29 is 7.16 Å². The molecule has 0 radical (unpaired) electrons. The molecule has 0 N–H and O–H groups in total. The molecule has 102 valence electrons. The number of nitrogens with zero attached hydrogens (tertiary/aromatic N) is 1. The predicted octanol–water partition coefficient (Wildman–Crippen LogP) is 5.21. The first-order valence-electron chi connectivity index (χ1n) is 7.91. The van der Waals surface area contributed by atoms with E-state index in [0.717, 1.165) is 27.5 Å². The number of furan rings is 1. The van der Waals surface area contributed by atoms with Crippen molar-refractivity contribution in [2.75, 3.05) is 0 Å². The number of aryl methyl sites for hydroxylation is 1. The van der Waals surface area contributed by atoms with Crippen LogP contribution in [0.4, 0.5) is 0 Å². The van der Waals surface area contributed by atoms with Crippen molar-refractivity contribution in [2.45, 2.75) is 13.3 Å². The van der Waals surface area contributed by atoms with Crippen molar-refractivity contribution in [3.8, 4) is 11.1 Å². The highest BCUT2D eigenvalue weighted by atomic mass is 16.3. The average Bonchev–Trinajstić information content (AvgIpc) is 2.93. The van der Waals surface area contributed by atoms with Gasteiger partial charge in [-0.05, 0) is 29.6 Å². The van der Waals surface area contributed by atoms with Gasteiger partial charge in [-0.25, -0.2) is 4.98 Å². The molecule has 0 saturated heterocycles. The van der Waals surface area contributed by atoms with Crippen LogP contribution in [0.2, 0.25) is 0 Å². The maximum atomic E-state index is 7.79. The van der Waals surface area contributed by atoms with E-state index in [1.54, 1.807) is 13.1 Å². The number of fused-ring (bicyclic) bond motifs is 3. The van der Waals surface area contributed by atoms with Crippen molar-refractivity contribution in [1.29, 1.82) is 0 Å². The highest BCUT2D eigenvalue weighted by Gasteiger charge is 2.12. The number of pyridine rings is 1. The van der Waals surface area contributed by atoms with E-state index in [9.17, 15) is 0 Å². The normalized spacial score (nSPS) is 13.4. The van der Waals surface area contributed by atoms with Crippen molar-refractivity contribution >= 4 is 22.1 Å². The van der Waals surface area contributed by atoms with E-state index in [4.69, 9.17) is 7.16 Å². The van der Waals surface area contributed by atoms with Crippen molar-refractivity contribution in [1.82, 2.24) is 4.98 Å². The van der Waals surface area contributed by atoms with Crippen molar-refractivity contribution in [3.63, 3.8) is 0 Å². The smallest absolute Gasteiger partial charge is 0.227 e. The first kappa shape index (κ1) is 10.2. The Morgan fingerprint density at radius 1 is 1.00 bits per heavy atom. The van der Waals surface area contributed by atoms with E-state index in [0.29, 0.717) is 11.3 Å². The molecule has 0 unspecified atom stereocenters. The molecule has 0 fully saturated rings. The third-order valence-electron chi connectivity index (χ3n) is 3.76. The monoisotopic (exact) mass is 275 g/mol. The third kappa shape index (κ3) is 1.91. The Bertz CT molecular complexity index is 997. The van der Waals surface area contributed by atoms with Gasteiger partial charge in [-0.3, -0.25) is 0 Å². The molecular weight excluding hydrogens is 258 g/mol. The van der Waals surface area contributed by atoms with Crippen LogP contribution in [-0.4, -0.2) is 4.98 Å². The second-order valence-corrected chi connectivity index (χ2v) is 4.97. The van der Waals surface area contributed by atoms with Crippen LogP contribution in [0, 0.1) is 0 Å². The van der Waals surface area contributed by atoms with Gasteiger partial charge in [-0.2, -0.15) is 0 Å². The second-order valence-electron chi connectivity index (χ2n) is 4.97. The van der Waals surface area contributed by atoms with Gasteiger partial charge in [0.25, 0.3) is 0 Å². The van der Waals surface area contributed by atoms with Gasteiger partial charge in [0.2, 0.25) is 5.71 Å². The summed E-state index contributed by atoms with van der Waals surface area (Å²) in [7, 11) is 0. The van der Waals surface area contributed by atoms with Gasteiger partial charge < -0.3 is 4.42 Å². The highest BCUT2D eigenvalue weighted by Crippen LogP contribution is 2.34. The molecule has 2 nitrogen and oxygen atoms in total. The molecule has 0 aliphatic rings. The Kier molecular flexibility index (Phi) is 2.29. The number of hydrogen-bond donors (Lipinski definition) is 0. The summed E-state index contributed by atoms with van der Waals surface area (Å²) in [5.41, 5.74) is 4.11. The molecule has 2 heterocycles. The largest absolute Gasteiger partial charge is 0.437 e. The molecular formula is C19H15NO. The molecule has 21 heavy (non-hydrogen) atoms. The van der Waals surface area contributed by atoms with E-state index in [1.807, 2.05) is 54.6 Å². The lowest BCUT2D eigenvalue weighted by Crippen LogP contribution is -1.82. The Hall–Kier alpha value is -2.61. The maximum absolute atomic E-state index is 7.79. The fourth-order valence-electron chi connectivity index (χ4n) is 2.68. The molecule has 0 spiro atoms. The number of aromatic nitrogens is 1. The molecule has 4 rings (SSSR count). The van der Waals surface area contributed by atoms with Crippen LogP contribution in [0.25, 0.3) is 33.2 Å². The molecule has 0 saturated carbocycles. The van der Waals surface area contributed by atoms with E-state index >= 15 is 0 Å². The minimum atomic E-state index is -1.34. The summed E-state index contributed by atoms with van der Waals surface area (Å²) in [6, 6.07) is 17.5. The van der Waals surface area contributed by atoms with Gasteiger partial charge in [0.1, 0.15) is 5.58 Å². The SMILES string of the molecule is [2H]C([2H])(C)c1ccc(-c2cccc3c2oc2ncccc23)cc1. The zero-order valence-electron chi connectivity index (χ0n) is 13.6. The molecule has 2 aromatic heterocycles.